The third-order valence-electron chi connectivity index (χ3n) is 2.67. The summed E-state index contributed by atoms with van der Waals surface area (Å²) in [6.45, 7) is 0.484. The maximum atomic E-state index is 13.2. The lowest BCUT2D eigenvalue weighted by molar-refractivity contribution is 0.302. The van der Waals surface area contributed by atoms with E-state index in [1.165, 1.54) is 30.3 Å². The van der Waals surface area contributed by atoms with Crippen LogP contribution >= 0.6 is 15.9 Å². The van der Waals surface area contributed by atoms with Crippen LogP contribution in [0, 0.1) is 11.6 Å². The average Bonchev–Trinajstić information content (AvgIpc) is 2.38. The van der Waals surface area contributed by atoms with E-state index < -0.39 is 0 Å². The highest BCUT2D eigenvalue weighted by Crippen LogP contribution is 2.26. The molecule has 0 heterocycles. The molecule has 0 radical (unpaired) electrons. The van der Waals surface area contributed by atoms with Crippen molar-refractivity contribution >= 4 is 15.9 Å². The van der Waals surface area contributed by atoms with Gasteiger partial charge in [0.15, 0.2) is 0 Å². The van der Waals surface area contributed by atoms with E-state index in [0.29, 0.717) is 22.3 Å². The van der Waals surface area contributed by atoms with Crippen LogP contribution in [0.2, 0.25) is 0 Å². The van der Waals surface area contributed by atoms with E-state index in [4.69, 9.17) is 10.5 Å². The molecule has 0 saturated carbocycles. The Labute approximate surface area is 118 Å². The first kappa shape index (κ1) is 14.0. The number of benzene rings is 2. The van der Waals surface area contributed by atoms with Crippen molar-refractivity contribution in [2.75, 3.05) is 0 Å². The summed E-state index contributed by atoms with van der Waals surface area (Å²) in [6.07, 6.45) is 0. The van der Waals surface area contributed by atoms with Gasteiger partial charge in [-0.2, -0.15) is 0 Å². The van der Waals surface area contributed by atoms with E-state index in [-0.39, 0.29) is 18.2 Å². The molecule has 2 aromatic carbocycles. The van der Waals surface area contributed by atoms with Gasteiger partial charge in [-0.1, -0.05) is 6.07 Å². The molecule has 0 aromatic heterocycles. The molecule has 0 aliphatic carbocycles. The maximum Gasteiger partial charge on any atom is 0.134 e. The molecule has 5 heteroatoms. The van der Waals surface area contributed by atoms with Crippen molar-refractivity contribution in [2.24, 2.45) is 5.73 Å². The van der Waals surface area contributed by atoms with Crippen molar-refractivity contribution in [1.29, 1.82) is 0 Å². The van der Waals surface area contributed by atoms with E-state index in [9.17, 15) is 8.78 Å². The first-order valence-electron chi connectivity index (χ1n) is 5.65. The topological polar surface area (TPSA) is 35.2 Å². The number of halogens is 3. The van der Waals surface area contributed by atoms with Gasteiger partial charge >= 0.3 is 0 Å². The minimum Gasteiger partial charge on any atom is -0.488 e. The van der Waals surface area contributed by atoms with Crippen molar-refractivity contribution < 1.29 is 13.5 Å². The lowest BCUT2D eigenvalue weighted by Crippen LogP contribution is -2.05. The normalized spacial score (nSPS) is 10.5. The van der Waals surface area contributed by atoms with Crippen LogP contribution in [-0.4, -0.2) is 0 Å². The largest absolute Gasteiger partial charge is 0.488 e. The Morgan fingerprint density at radius 1 is 1.00 bits per heavy atom. The molecule has 0 aliphatic heterocycles. The molecule has 0 unspecified atom stereocenters. The summed E-state index contributed by atoms with van der Waals surface area (Å²) >= 11 is 3.21. The number of rotatable bonds is 4. The molecule has 0 aliphatic rings. The molecule has 2 N–H and O–H groups in total. The predicted molar refractivity (Wildman–Crippen MR) is 72.7 cm³/mol. The van der Waals surface area contributed by atoms with Gasteiger partial charge in [-0.05, 0) is 57.4 Å². The summed E-state index contributed by atoms with van der Waals surface area (Å²) in [5.74, 6) is -0.199. The molecule has 0 fully saturated rings. The maximum absolute atomic E-state index is 13.2. The smallest absolute Gasteiger partial charge is 0.134 e. The highest BCUT2D eigenvalue weighted by Gasteiger charge is 2.07. The van der Waals surface area contributed by atoms with Crippen molar-refractivity contribution in [3.8, 4) is 5.75 Å². The summed E-state index contributed by atoms with van der Waals surface area (Å²) in [6, 6.07) is 8.51. The second kappa shape index (κ2) is 6.12. The summed E-state index contributed by atoms with van der Waals surface area (Å²) < 4.78 is 32.2. The van der Waals surface area contributed by atoms with Crippen LogP contribution in [0.1, 0.15) is 11.1 Å². The van der Waals surface area contributed by atoms with Crippen LogP contribution in [0.4, 0.5) is 8.78 Å². The summed E-state index contributed by atoms with van der Waals surface area (Å²) in [5, 5.41) is 0. The standard InChI is InChI=1S/C14H12BrF2NO/c15-13-6-12(17)3-4-14(13)19-8-10-5-11(16)2-1-9(10)7-18/h1-6H,7-8,18H2. The second-order valence-corrected chi connectivity index (χ2v) is 4.83. The van der Waals surface area contributed by atoms with Crippen LogP contribution in [0.25, 0.3) is 0 Å². The molecule has 0 bridgehead atoms. The first-order valence-corrected chi connectivity index (χ1v) is 6.44. The highest BCUT2D eigenvalue weighted by molar-refractivity contribution is 9.10. The van der Waals surface area contributed by atoms with Crippen LogP contribution < -0.4 is 10.5 Å². The predicted octanol–water partition coefficient (Wildman–Crippen LogP) is 3.77. The molecule has 19 heavy (non-hydrogen) atoms. The minimum absolute atomic E-state index is 0.175. The molecule has 0 atom stereocenters. The minimum atomic E-state index is -0.354. The third kappa shape index (κ3) is 3.52. The fourth-order valence-electron chi connectivity index (χ4n) is 1.68. The Hall–Kier alpha value is -1.46. The molecule has 2 rings (SSSR count). The van der Waals surface area contributed by atoms with Gasteiger partial charge in [0, 0.05) is 6.54 Å². The molecule has 0 amide bonds. The number of hydrogen-bond acceptors (Lipinski definition) is 2. The van der Waals surface area contributed by atoms with Gasteiger partial charge in [0.2, 0.25) is 0 Å². The van der Waals surface area contributed by atoms with Gasteiger partial charge in [-0.25, -0.2) is 8.78 Å². The van der Waals surface area contributed by atoms with Crippen molar-refractivity contribution in [1.82, 2.24) is 0 Å². The zero-order valence-corrected chi connectivity index (χ0v) is 11.6. The van der Waals surface area contributed by atoms with E-state index in [0.717, 1.165) is 5.56 Å². The van der Waals surface area contributed by atoms with Crippen LogP contribution in [0.3, 0.4) is 0 Å². The number of ether oxygens (including phenoxy) is 1. The quantitative estimate of drug-likeness (QED) is 0.927. The monoisotopic (exact) mass is 327 g/mol. The molecule has 2 nitrogen and oxygen atoms in total. The Balaban J connectivity index is 2.16. The van der Waals surface area contributed by atoms with Gasteiger partial charge in [0.1, 0.15) is 24.0 Å². The Bertz CT molecular complexity index is 590. The van der Waals surface area contributed by atoms with Crippen molar-refractivity contribution in [3.63, 3.8) is 0 Å². The van der Waals surface area contributed by atoms with Gasteiger partial charge in [0.25, 0.3) is 0 Å². The van der Waals surface area contributed by atoms with Crippen molar-refractivity contribution in [2.45, 2.75) is 13.2 Å². The highest BCUT2D eigenvalue weighted by atomic mass is 79.9. The second-order valence-electron chi connectivity index (χ2n) is 3.98. The Morgan fingerprint density at radius 3 is 2.37 bits per heavy atom. The SMILES string of the molecule is NCc1ccc(F)cc1COc1ccc(F)cc1Br. The van der Waals surface area contributed by atoms with E-state index in [2.05, 4.69) is 15.9 Å². The van der Waals surface area contributed by atoms with Crippen molar-refractivity contribution in [3.05, 3.63) is 63.6 Å². The number of nitrogens with two attached hydrogens (primary N) is 1. The van der Waals surface area contributed by atoms with E-state index in [1.54, 1.807) is 6.07 Å². The lowest BCUT2D eigenvalue weighted by atomic mass is 10.1. The van der Waals surface area contributed by atoms with Gasteiger partial charge < -0.3 is 10.5 Å². The van der Waals surface area contributed by atoms with Gasteiger partial charge in [-0.3, -0.25) is 0 Å². The lowest BCUT2D eigenvalue weighted by Gasteiger charge is -2.11. The van der Waals surface area contributed by atoms with Gasteiger partial charge in [0.05, 0.1) is 4.47 Å². The van der Waals surface area contributed by atoms with Crippen LogP contribution in [-0.2, 0) is 13.2 Å². The van der Waals surface area contributed by atoms with E-state index >= 15 is 0 Å². The molecule has 0 saturated heterocycles. The van der Waals surface area contributed by atoms with Crippen LogP contribution in [0.15, 0.2) is 40.9 Å². The Morgan fingerprint density at radius 2 is 1.68 bits per heavy atom. The molecular weight excluding hydrogens is 316 g/mol. The molecule has 0 spiro atoms. The zero-order chi connectivity index (χ0) is 13.8. The average molecular weight is 328 g/mol. The fraction of sp³-hybridized carbons (Fsp3) is 0.143. The number of hydrogen-bond donors (Lipinski definition) is 1. The fourth-order valence-corrected chi connectivity index (χ4v) is 2.14. The molecular formula is C14H12BrF2NO. The molecule has 2 aromatic rings. The summed E-state index contributed by atoms with van der Waals surface area (Å²) in [7, 11) is 0. The zero-order valence-electron chi connectivity index (χ0n) is 10.00. The first-order chi connectivity index (χ1) is 9.10. The molecule has 100 valence electrons. The van der Waals surface area contributed by atoms with Crippen LogP contribution in [0.5, 0.6) is 5.75 Å². The summed E-state index contributed by atoms with van der Waals surface area (Å²) in [5.41, 5.74) is 7.08. The summed E-state index contributed by atoms with van der Waals surface area (Å²) in [4.78, 5) is 0. The van der Waals surface area contributed by atoms with E-state index in [1.807, 2.05) is 0 Å². The van der Waals surface area contributed by atoms with Gasteiger partial charge in [-0.15, -0.1) is 0 Å². The third-order valence-corrected chi connectivity index (χ3v) is 3.29. The Kier molecular flexibility index (Phi) is 4.50.